The lowest BCUT2D eigenvalue weighted by atomic mass is 10.1. The van der Waals surface area contributed by atoms with Crippen molar-refractivity contribution in [2.24, 2.45) is 0 Å². The van der Waals surface area contributed by atoms with Gasteiger partial charge in [0.05, 0.1) is 17.2 Å². The first-order chi connectivity index (χ1) is 8.38. The maximum Gasteiger partial charge on any atom is 0.417 e. The van der Waals surface area contributed by atoms with Crippen molar-refractivity contribution in [1.29, 1.82) is 0 Å². The molecule has 0 spiro atoms. The van der Waals surface area contributed by atoms with Crippen LogP contribution in [-0.2, 0) is 10.9 Å². The van der Waals surface area contributed by atoms with Crippen molar-refractivity contribution in [2.45, 2.75) is 25.6 Å². The first kappa shape index (κ1) is 15.1. The van der Waals surface area contributed by atoms with E-state index in [9.17, 15) is 13.2 Å². The monoisotopic (exact) mass is 281 g/mol. The average molecular weight is 282 g/mol. The molecular weight excluding hydrogens is 267 g/mol. The second-order valence-electron chi connectivity index (χ2n) is 3.90. The summed E-state index contributed by atoms with van der Waals surface area (Å²) in [6.07, 6.45) is -3.70. The van der Waals surface area contributed by atoms with E-state index in [1.807, 2.05) is 6.92 Å². The molecule has 1 N–H and O–H groups in total. The summed E-state index contributed by atoms with van der Waals surface area (Å²) in [4.78, 5) is 0. The SMILES string of the molecule is CCC(COC)Nc1ccc(Cl)c(C(F)(F)F)c1. The van der Waals surface area contributed by atoms with E-state index in [-0.39, 0.29) is 11.1 Å². The Hall–Kier alpha value is -0.940. The van der Waals surface area contributed by atoms with Crippen LogP contribution in [0.25, 0.3) is 0 Å². The van der Waals surface area contributed by atoms with Crippen LogP contribution < -0.4 is 5.32 Å². The van der Waals surface area contributed by atoms with Gasteiger partial charge < -0.3 is 10.1 Å². The number of hydrogen-bond donors (Lipinski definition) is 1. The number of ether oxygens (including phenoxy) is 1. The molecule has 0 heterocycles. The molecule has 0 aliphatic heterocycles. The maximum atomic E-state index is 12.7. The molecule has 0 fully saturated rings. The van der Waals surface area contributed by atoms with E-state index >= 15 is 0 Å². The molecule has 1 aromatic rings. The minimum Gasteiger partial charge on any atom is -0.383 e. The Morgan fingerprint density at radius 2 is 2.06 bits per heavy atom. The highest BCUT2D eigenvalue weighted by atomic mass is 35.5. The van der Waals surface area contributed by atoms with E-state index in [0.717, 1.165) is 12.5 Å². The molecule has 0 amide bonds. The summed E-state index contributed by atoms with van der Waals surface area (Å²) < 4.78 is 43.0. The summed E-state index contributed by atoms with van der Waals surface area (Å²) in [7, 11) is 1.55. The fraction of sp³-hybridized carbons (Fsp3) is 0.500. The highest BCUT2D eigenvalue weighted by Crippen LogP contribution is 2.36. The summed E-state index contributed by atoms with van der Waals surface area (Å²) in [5.41, 5.74) is -0.447. The Morgan fingerprint density at radius 3 is 2.56 bits per heavy atom. The topological polar surface area (TPSA) is 21.3 Å². The van der Waals surface area contributed by atoms with E-state index in [1.165, 1.54) is 12.1 Å². The minimum absolute atomic E-state index is 0.0303. The summed E-state index contributed by atoms with van der Waals surface area (Å²) in [6, 6.07) is 3.75. The average Bonchev–Trinajstić information content (AvgIpc) is 2.29. The standard InChI is InChI=1S/C12H15ClF3NO/c1-3-8(7-18-2)17-9-4-5-11(13)10(6-9)12(14,15)16/h4-6,8,17H,3,7H2,1-2H3. The number of halogens is 4. The van der Waals surface area contributed by atoms with E-state index in [2.05, 4.69) is 5.32 Å². The molecule has 0 radical (unpaired) electrons. The van der Waals surface area contributed by atoms with Gasteiger partial charge in [-0.15, -0.1) is 0 Å². The largest absolute Gasteiger partial charge is 0.417 e. The van der Waals surface area contributed by atoms with Crippen molar-refractivity contribution in [1.82, 2.24) is 0 Å². The third-order valence-electron chi connectivity index (χ3n) is 2.50. The molecular formula is C12H15ClF3NO. The van der Waals surface area contributed by atoms with Crippen molar-refractivity contribution in [3.8, 4) is 0 Å². The summed E-state index contributed by atoms with van der Waals surface area (Å²) in [5.74, 6) is 0. The lowest BCUT2D eigenvalue weighted by Crippen LogP contribution is -2.24. The van der Waals surface area contributed by atoms with Crippen LogP contribution in [0.3, 0.4) is 0 Å². The Morgan fingerprint density at radius 1 is 1.39 bits per heavy atom. The highest BCUT2D eigenvalue weighted by molar-refractivity contribution is 6.31. The van der Waals surface area contributed by atoms with E-state index < -0.39 is 11.7 Å². The van der Waals surface area contributed by atoms with Gasteiger partial charge in [0.1, 0.15) is 0 Å². The first-order valence-electron chi connectivity index (χ1n) is 5.50. The second kappa shape index (κ2) is 6.29. The van der Waals surface area contributed by atoms with Gasteiger partial charge in [0.15, 0.2) is 0 Å². The van der Waals surface area contributed by atoms with Gasteiger partial charge in [-0.3, -0.25) is 0 Å². The van der Waals surface area contributed by atoms with Gasteiger partial charge in [0.2, 0.25) is 0 Å². The van der Waals surface area contributed by atoms with Crippen LogP contribution in [0.1, 0.15) is 18.9 Å². The third kappa shape index (κ3) is 4.07. The predicted molar refractivity (Wildman–Crippen MR) is 66.0 cm³/mol. The normalized spacial score (nSPS) is 13.4. The number of benzene rings is 1. The molecule has 1 unspecified atom stereocenters. The summed E-state index contributed by atoms with van der Waals surface area (Å²) in [5, 5.41) is 2.69. The van der Waals surface area contributed by atoms with Crippen LogP contribution in [0.2, 0.25) is 5.02 Å². The Balaban J connectivity index is 2.91. The van der Waals surface area contributed by atoms with Crippen LogP contribution in [0.4, 0.5) is 18.9 Å². The molecule has 0 aliphatic carbocycles. The molecule has 2 nitrogen and oxygen atoms in total. The predicted octanol–water partition coefficient (Wildman–Crippen LogP) is 4.20. The summed E-state index contributed by atoms with van der Waals surface area (Å²) >= 11 is 5.54. The number of rotatable bonds is 5. The quantitative estimate of drug-likeness (QED) is 0.873. The molecule has 0 saturated heterocycles. The fourth-order valence-corrected chi connectivity index (χ4v) is 1.76. The molecule has 18 heavy (non-hydrogen) atoms. The lowest BCUT2D eigenvalue weighted by molar-refractivity contribution is -0.137. The molecule has 0 saturated carbocycles. The zero-order chi connectivity index (χ0) is 13.8. The van der Waals surface area contributed by atoms with E-state index in [0.29, 0.717) is 12.3 Å². The molecule has 0 aromatic heterocycles. The van der Waals surface area contributed by atoms with Crippen molar-refractivity contribution < 1.29 is 17.9 Å². The molecule has 0 bridgehead atoms. The number of nitrogens with one attached hydrogen (secondary N) is 1. The molecule has 0 aliphatic rings. The van der Waals surface area contributed by atoms with Gasteiger partial charge in [0.25, 0.3) is 0 Å². The Bertz CT molecular complexity index is 395. The van der Waals surface area contributed by atoms with E-state index in [1.54, 1.807) is 7.11 Å². The van der Waals surface area contributed by atoms with Gasteiger partial charge in [-0.1, -0.05) is 18.5 Å². The third-order valence-corrected chi connectivity index (χ3v) is 2.83. The van der Waals surface area contributed by atoms with Crippen LogP contribution in [0.5, 0.6) is 0 Å². The highest BCUT2D eigenvalue weighted by Gasteiger charge is 2.33. The van der Waals surface area contributed by atoms with Crippen LogP contribution in [-0.4, -0.2) is 19.8 Å². The molecule has 102 valence electrons. The van der Waals surface area contributed by atoms with Crippen molar-refractivity contribution in [3.05, 3.63) is 28.8 Å². The van der Waals surface area contributed by atoms with Gasteiger partial charge in [0, 0.05) is 18.8 Å². The smallest absolute Gasteiger partial charge is 0.383 e. The molecule has 1 aromatic carbocycles. The number of hydrogen-bond acceptors (Lipinski definition) is 2. The zero-order valence-corrected chi connectivity index (χ0v) is 10.9. The van der Waals surface area contributed by atoms with Crippen molar-refractivity contribution >= 4 is 17.3 Å². The fourth-order valence-electron chi connectivity index (χ4n) is 1.53. The van der Waals surface area contributed by atoms with Crippen LogP contribution >= 0.6 is 11.6 Å². The number of methoxy groups -OCH3 is 1. The Labute approximate surface area is 109 Å². The maximum absolute atomic E-state index is 12.7. The van der Waals surface area contributed by atoms with Gasteiger partial charge in [-0.05, 0) is 24.6 Å². The molecule has 1 atom stereocenters. The lowest BCUT2D eigenvalue weighted by Gasteiger charge is -2.18. The first-order valence-corrected chi connectivity index (χ1v) is 5.88. The molecule has 1 rings (SSSR count). The summed E-state index contributed by atoms with van der Waals surface area (Å²) in [6.45, 7) is 2.36. The second-order valence-corrected chi connectivity index (χ2v) is 4.30. The van der Waals surface area contributed by atoms with Crippen LogP contribution in [0.15, 0.2) is 18.2 Å². The van der Waals surface area contributed by atoms with Crippen molar-refractivity contribution in [3.63, 3.8) is 0 Å². The van der Waals surface area contributed by atoms with Crippen LogP contribution in [0, 0.1) is 0 Å². The number of alkyl halides is 3. The van der Waals surface area contributed by atoms with E-state index in [4.69, 9.17) is 16.3 Å². The van der Waals surface area contributed by atoms with Gasteiger partial charge in [-0.2, -0.15) is 13.2 Å². The minimum atomic E-state index is -4.45. The molecule has 6 heteroatoms. The van der Waals surface area contributed by atoms with Gasteiger partial charge in [-0.25, -0.2) is 0 Å². The number of anilines is 1. The van der Waals surface area contributed by atoms with Gasteiger partial charge >= 0.3 is 6.18 Å². The van der Waals surface area contributed by atoms with Crippen molar-refractivity contribution in [2.75, 3.05) is 19.0 Å². The Kier molecular flexibility index (Phi) is 5.28. The zero-order valence-electron chi connectivity index (χ0n) is 10.1.